The maximum absolute atomic E-state index is 9.48. The number of hydrogen-bond acceptors (Lipinski definition) is 4. The van der Waals surface area contributed by atoms with Crippen molar-refractivity contribution in [2.24, 2.45) is 5.73 Å². The van der Waals surface area contributed by atoms with Crippen LogP contribution in [0.3, 0.4) is 0 Å². The molecule has 0 heterocycles. The van der Waals surface area contributed by atoms with Gasteiger partial charge in [-0.3, -0.25) is 0 Å². The number of nitrogens with two attached hydrogens (primary N) is 1. The zero-order valence-corrected chi connectivity index (χ0v) is 15.2. The molecular weight excluding hydrogens is 302 g/mol. The fourth-order valence-corrected chi connectivity index (χ4v) is 2.76. The van der Waals surface area contributed by atoms with Gasteiger partial charge in [-0.05, 0) is 49.8 Å². The summed E-state index contributed by atoms with van der Waals surface area (Å²) in [5.41, 5.74) is 6.78. The van der Waals surface area contributed by atoms with Crippen molar-refractivity contribution in [3.05, 3.63) is 29.8 Å². The number of benzene rings is 1. The second-order valence-electron chi connectivity index (χ2n) is 6.75. The van der Waals surface area contributed by atoms with Gasteiger partial charge in [-0.2, -0.15) is 0 Å². The molecule has 0 aromatic heterocycles. The van der Waals surface area contributed by atoms with Crippen molar-refractivity contribution in [1.82, 2.24) is 0 Å². The number of ether oxygens (including phenoxy) is 1. The minimum absolute atomic E-state index is 0.0494. The average Bonchev–Trinajstić information content (AvgIpc) is 2.62. The molecule has 0 spiro atoms. The first-order valence-electron chi connectivity index (χ1n) is 9.36. The summed E-state index contributed by atoms with van der Waals surface area (Å²) < 4.78 is 5.77. The van der Waals surface area contributed by atoms with E-state index in [-0.39, 0.29) is 13.2 Å². The van der Waals surface area contributed by atoms with Crippen molar-refractivity contribution >= 4 is 0 Å². The van der Waals surface area contributed by atoms with E-state index in [9.17, 15) is 5.11 Å². The third-order valence-electron chi connectivity index (χ3n) is 4.50. The Morgan fingerprint density at radius 2 is 1.67 bits per heavy atom. The monoisotopic (exact) mass is 337 g/mol. The molecule has 1 rings (SSSR count). The molecule has 0 aliphatic heterocycles. The quantitative estimate of drug-likeness (QED) is 0.455. The normalized spacial score (nSPS) is 13.7. The molecule has 1 aromatic carbocycles. The molecule has 138 valence electrons. The van der Waals surface area contributed by atoms with Crippen molar-refractivity contribution in [3.8, 4) is 5.75 Å². The average molecular weight is 338 g/mol. The fourth-order valence-electron chi connectivity index (χ4n) is 2.76. The van der Waals surface area contributed by atoms with E-state index in [0.29, 0.717) is 19.3 Å². The SMILES string of the molecule is CCCCCCCOc1ccc(CC[C@@](N)(CO)CCCO)cc1. The molecule has 4 nitrogen and oxygen atoms in total. The third kappa shape index (κ3) is 8.67. The van der Waals surface area contributed by atoms with Gasteiger partial charge in [-0.25, -0.2) is 0 Å². The minimum Gasteiger partial charge on any atom is -0.494 e. The van der Waals surface area contributed by atoms with Crippen molar-refractivity contribution < 1.29 is 14.9 Å². The Bertz CT molecular complexity index is 421. The summed E-state index contributed by atoms with van der Waals surface area (Å²) in [5, 5.41) is 18.4. The smallest absolute Gasteiger partial charge is 0.119 e. The van der Waals surface area contributed by atoms with E-state index >= 15 is 0 Å². The molecule has 0 bridgehead atoms. The molecule has 24 heavy (non-hydrogen) atoms. The highest BCUT2D eigenvalue weighted by atomic mass is 16.5. The first-order chi connectivity index (χ1) is 11.6. The van der Waals surface area contributed by atoms with Crippen LogP contribution in [0.4, 0.5) is 0 Å². The zero-order valence-electron chi connectivity index (χ0n) is 15.2. The first-order valence-corrected chi connectivity index (χ1v) is 9.36. The topological polar surface area (TPSA) is 75.7 Å². The van der Waals surface area contributed by atoms with Crippen LogP contribution in [-0.4, -0.2) is 35.6 Å². The largest absolute Gasteiger partial charge is 0.494 e. The predicted octanol–water partition coefficient (Wildman–Crippen LogP) is 3.43. The van der Waals surface area contributed by atoms with Crippen molar-refractivity contribution in [3.63, 3.8) is 0 Å². The third-order valence-corrected chi connectivity index (χ3v) is 4.50. The fraction of sp³-hybridized carbons (Fsp3) is 0.700. The Balaban J connectivity index is 2.31. The summed E-state index contributed by atoms with van der Waals surface area (Å²) in [4.78, 5) is 0. The number of aliphatic hydroxyl groups is 2. The van der Waals surface area contributed by atoms with E-state index in [2.05, 4.69) is 19.1 Å². The summed E-state index contributed by atoms with van der Waals surface area (Å²) in [7, 11) is 0. The van der Waals surface area contributed by atoms with Gasteiger partial charge in [0.25, 0.3) is 0 Å². The van der Waals surface area contributed by atoms with E-state index in [1.54, 1.807) is 0 Å². The van der Waals surface area contributed by atoms with Gasteiger partial charge in [0.1, 0.15) is 5.75 Å². The minimum atomic E-state index is -0.601. The Morgan fingerprint density at radius 3 is 2.29 bits per heavy atom. The summed E-state index contributed by atoms with van der Waals surface area (Å²) in [6.07, 6.45) is 9.01. The molecule has 1 aromatic rings. The van der Waals surface area contributed by atoms with Crippen molar-refractivity contribution in [2.75, 3.05) is 19.8 Å². The van der Waals surface area contributed by atoms with Gasteiger partial charge in [-0.1, -0.05) is 44.7 Å². The molecule has 4 heteroatoms. The molecule has 1 atom stereocenters. The van der Waals surface area contributed by atoms with Crippen LogP contribution < -0.4 is 10.5 Å². The van der Waals surface area contributed by atoms with Crippen LogP contribution in [-0.2, 0) is 6.42 Å². The standard InChI is InChI=1S/C20H35NO3/c1-2-3-4-5-6-16-24-19-10-8-18(9-11-19)12-14-20(21,17-23)13-7-15-22/h8-11,22-23H,2-7,12-17,21H2,1H3/t20-/m1/s1. The maximum atomic E-state index is 9.48. The van der Waals surface area contributed by atoms with Crippen LogP contribution >= 0.6 is 0 Å². The van der Waals surface area contributed by atoms with Crippen LogP contribution in [0.25, 0.3) is 0 Å². The lowest BCUT2D eigenvalue weighted by atomic mass is 9.88. The molecule has 4 N–H and O–H groups in total. The van der Waals surface area contributed by atoms with Crippen LogP contribution in [0, 0.1) is 0 Å². The first kappa shape index (κ1) is 20.9. The highest BCUT2D eigenvalue weighted by Crippen LogP contribution is 2.19. The number of unbranched alkanes of at least 4 members (excludes halogenated alkanes) is 4. The Kier molecular flexibility index (Phi) is 10.7. The van der Waals surface area contributed by atoms with Gasteiger partial charge >= 0.3 is 0 Å². The lowest BCUT2D eigenvalue weighted by Crippen LogP contribution is -2.44. The second-order valence-corrected chi connectivity index (χ2v) is 6.75. The Hall–Kier alpha value is -1.10. The molecule has 0 fully saturated rings. The van der Waals surface area contributed by atoms with Crippen molar-refractivity contribution in [1.29, 1.82) is 0 Å². The maximum Gasteiger partial charge on any atom is 0.119 e. The second kappa shape index (κ2) is 12.3. The highest BCUT2D eigenvalue weighted by Gasteiger charge is 2.23. The zero-order chi connectivity index (χ0) is 17.7. The van der Waals surface area contributed by atoms with E-state index in [1.807, 2.05) is 12.1 Å². The van der Waals surface area contributed by atoms with E-state index in [1.165, 1.54) is 31.2 Å². The van der Waals surface area contributed by atoms with Gasteiger partial charge in [0.2, 0.25) is 0 Å². The van der Waals surface area contributed by atoms with Gasteiger partial charge in [0, 0.05) is 12.1 Å². The van der Waals surface area contributed by atoms with Crippen LogP contribution in [0.15, 0.2) is 24.3 Å². The van der Waals surface area contributed by atoms with E-state index in [4.69, 9.17) is 15.6 Å². The summed E-state index contributed by atoms with van der Waals surface area (Å²) >= 11 is 0. The van der Waals surface area contributed by atoms with Crippen LogP contribution in [0.1, 0.15) is 63.9 Å². The van der Waals surface area contributed by atoms with Crippen LogP contribution in [0.2, 0.25) is 0 Å². The Labute approximate surface area is 147 Å². The molecule has 0 unspecified atom stereocenters. The van der Waals surface area contributed by atoms with Crippen LogP contribution in [0.5, 0.6) is 5.75 Å². The molecule has 0 aliphatic rings. The molecule has 0 saturated carbocycles. The number of aliphatic hydroxyl groups excluding tert-OH is 2. The lowest BCUT2D eigenvalue weighted by Gasteiger charge is -2.27. The lowest BCUT2D eigenvalue weighted by molar-refractivity contribution is 0.165. The number of rotatable bonds is 14. The van der Waals surface area contributed by atoms with Gasteiger partial charge in [0.15, 0.2) is 0 Å². The molecule has 0 amide bonds. The summed E-state index contributed by atoms with van der Waals surface area (Å²) in [6.45, 7) is 3.07. The highest BCUT2D eigenvalue weighted by molar-refractivity contribution is 5.27. The molecular formula is C20H35NO3. The van der Waals surface area contributed by atoms with Gasteiger partial charge in [-0.15, -0.1) is 0 Å². The summed E-state index contributed by atoms with van der Waals surface area (Å²) in [6, 6.07) is 8.14. The molecule has 0 radical (unpaired) electrons. The molecule has 0 aliphatic carbocycles. The van der Waals surface area contributed by atoms with E-state index in [0.717, 1.165) is 25.2 Å². The number of aryl methyl sites for hydroxylation is 1. The Morgan fingerprint density at radius 1 is 0.958 bits per heavy atom. The predicted molar refractivity (Wildman–Crippen MR) is 99.3 cm³/mol. The number of hydrogen-bond donors (Lipinski definition) is 3. The van der Waals surface area contributed by atoms with Gasteiger partial charge < -0.3 is 20.7 Å². The summed E-state index contributed by atoms with van der Waals surface area (Å²) in [5.74, 6) is 0.913. The van der Waals surface area contributed by atoms with Crippen molar-refractivity contribution in [2.45, 2.75) is 70.3 Å². The molecule has 0 saturated heterocycles. The van der Waals surface area contributed by atoms with Gasteiger partial charge in [0.05, 0.1) is 13.2 Å². The van der Waals surface area contributed by atoms with E-state index < -0.39 is 5.54 Å².